The van der Waals surface area contributed by atoms with Crippen molar-refractivity contribution in [3.63, 3.8) is 0 Å². The Morgan fingerprint density at radius 2 is 2.11 bits per heavy atom. The van der Waals surface area contributed by atoms with Crippen LogP contribution in [0.4, 0.5) is 5.95 Å². The van der Waals surface area contributed by atoms with Crippen LogP contribution in [0.1, 0.15) is 26.6 Å². The topological polar surface area (TPSA) is 65.1 Å². The number of nitrogens with one attached hydrogen (secondary N) is 1. The normalized spacial score (nSPS) is 14.5. The second-order valence-electron chi connectivity index (χ2n) is 7.32. The van der Waals surface area contributed by atoms with Crippen molar-refractivity contribution in [2.75, 3.05) is 25.0 Å². The maximum Gasteiger partial charge on any atom is 0.255 e. The summed E-state index contributed by atoms with van der Waals surface area (Å²) < 4.78 is 0. The highest BCUT2D eigenvalue weighted by atomic mass is 32.1. The monoisotopic (exact) mass is 395 g/mol. The van der Waals surface area contributed by atoms with E-state index in [-0.39, 0.29) is 5.56 Å². The smallest absolute Gasteiger partial charge is 0.255 e. The molecule has 0 aliphatic carbocycles. The molecule has 3 aromatic heterocycles. The number of aromatic amines is 1. The summed E-state index contributed by atoms with van der Waals surface area (Å²) in [4.78, 5) is 31.7. The zero-order valence-corrected chi connectivity index (χ0v) is 17.1. The molecule has 4 heterocycles. The van der Waals surface area contributed by atoms with E-state index < -0.39 is 0 Å². The van der Waals surface area contributed by atoms with E-state index in [0.29, 0.717) is 12.5 Å². The summed E-state index contributed by atoms with van der Waals surface area (Å²) in [6, 6.07) is 8.31. The van der Waals surface area contributed by atoms with Gasteiger partial charge in [0.05, 0.1) is 5.69 Å². The first-order chi connectivity index (χ1) is 13.6. The minimum absolute atomic E-state index is 0.00754. The van der Waals surface area contributed by atoms with Crippen LogP contribution >= 0.6 is 11.3 Å². The second kappa shape index (κ2) is 8.24. The van der Waals surface area contributed by atoms with Crippen LogP contribution in [0.3, 0.4) is 0 Å². The number of hydrogen-bond donors (Lipinski definition) is 1. The summed E-state index contributed by atoms with van der Waals surface area (Å²) >= 11 is 1.85. The average molecular weight is 396 g/mol. The number of hydrogen-bond acceptors (Lipinski definition) is 6. The van der Waals surface area contributed by atoms with Crippen LogP contribution in [0.15, 0.2) is 41.5 Å². The third-order valence-electron chi connectivity index (χ3n) is 5.11. The van der Waals surface area contributed by atoms with Gasteiger partial charge in [-0.15, -0.1) is 11.3 Å². The lowest BCUT2D eigenvalue weighted by Gasteiger charge is -2.19. The highest BCUT2D eigenvalue weighted by Crippen LogP contribution is 2.20. The van der Waals surface area contributed by atoms with Crippen molar-refractivity contribution in [2.24, 2.45) is 0 Å². The number of anilines is 1. The lowest BCUT2D eigenvalue weighted by molar-refractivity contribution is 0.281. The Balaban J connectivity index is 1.49. The highest BCUT2D eigenvalue weighted by Gasteiger charge is 2.20. The van der Waals surface area contributed by atoms with Crippen LogP contribution in [0, 0.1) is 6.92 Å². The fourth-order valence-corrected chi connectivity index (χ4v) is 4.54. The third kappa shape index (κ3) is 4.31. The number of nitrogens with zero attached hydrogens (tertiary/aromatic N) is 4. The van der Waals surface area contributed by atoms with E-state index >= 15 is 0 Å². The zero-order valence-electron chi connectivity index (χ0n) is 16.3. The van der Waals surface area contributed by atoms with E-state index in [1.54, 1.807) is 6.20 Å². The molecule has 4 rings (SSSR count). The Hall–Kier alpha value is -2.51. The minimum Gasteiger partial charge on any atom is -0.341 e. The molecule has 0 aromatic carbocycles. The van der Waals surface area contributed by atoms with Gasteiger partial charge in [-0.3, -0.25) is 19.7 Å². The molecule has 6 nitrogen and oxygen atoms in total. The van der Waals surface area contributed by atoms with E-state index in [2.05, 4.69) is 33.9 Å². The highest BCUT2D eigenvalue weighted by molar-refractivity contribution is 7.11. The molecule has 0 fully saturated rings. The molecule has 0 unspecified atom stereocenters. The Morgan fingerprint density at radius 1 is 1.25 bits per heavy atom. The SMILES string of the molecule is Cc1ccc(CN2CCc3nc(N(C)Cc4cccnc4)[nH]c(=O)c3CC2)s1. The molecule has 0 amide bonds. The van der Waals surface area contributed by atoms with Gasteiger partial charge in [0.15, 0.2) is 0 Å². The van der Waals surface area contributed by atoms with Crippen LogP contribution in [0.5, 0.6) is 0 Å². The first kappa shape index (κ1) is 18.8. The number of thiophene rings is 1. The van der Waals surface area contributed by atoms with E-state index in [1.807, 2.05) is 41.6 Å². The quantitative estimate of drug-likeness (QED) is 0.720. The molecular formula is C21H25N5OS. The first-order valence-electron chi connectivity index (χ1n) is 9.58. The summed E-state index contributed by atoms with van der Waals surface area (Å²) in [5.41, 5.74) is 2.84. The predicted octanol–water partition coefficient (Wildman–Crippen LogP) is 2.77. The van der Waals surface area contributed by atoms with Gasteiger partial charge in [-0.1, -0.05) is 6.07 Å². The van der Waals surface area contributed by atoms with Crippen molar-refractivity contribution >= 4 is 17.3 Å². The van der Waals surface area contributed by atoms with Crippen LogP contribution in [0.25, 0.3) is 0 Å². The molecule has 146 valence electrons. The van der Waals surface area contributed by atoms with Gasteiger partial charge in [0.1, 0.15) is 0 Å². The Morgan fingerprint density at radius 3 is 2.86 bits per heavy atom. The molecule has 0 bridgehead atoms. The van der Waals surface area contributed by atoms with Gasteiger partial charge in [0, 0.05) is 67.4 Å². The molecule has 1 N–H and O–H groups in total. The summed E-state index contributed by atoms with van der Waals surface area (Å²) in [5, 5.41) is 0. The summed E-state index contributed by atoms with van der Waals surface area (Å²) in [6.45, 7) is 5.54. The molecule has 0 saturated heterocycles. The number of rotatable bonds is 5. The van der Waals surface area contributed by atoms with Gasteiger partial charge in [-0.2, -0.15) is 0 Å². The molecule has 0 saturated carbocycles. The number of aromatic nitrogens is 3. The lowest BCUT2D eigenvalue weighted by Crippen LogP contribution is -2.26. The van der Waals surface area contributed by atoms with Crippen LogP contribution in [-0.2, 0) is 25.9 Å². The van der Waals surface area contributed by atoms with Gasteiger partial charge >= 0.3 is 0 Å². The number of H-pyrrole nitrogens is 1. The van der Waals surface area contributed by atoms with Gasteiger partial charge < -0.3 is 4.90 Å². The fourth-order valence-electron chi connectivity index (χ4n) is 3.61. The molecule has 3 aromatic rings. The van der Waals surface area contributed by atoms with Gasteiger partial charge in [0.2, 0.25) is 5.95 Å². The first-order valence-corrected chi connectivity index (χ1v) is 10.4. The predicted molar refractivity (Wildman–Crippen MR) is 113 cm³/mol. The maximum absolute atomic E-state index is 12.7. The fraction of sp³-hybridized carbons (Fsp3) is 0.381. The van der Waals surface area contributed by atoms with Crippen molar-refractivity contribution in [3.8, 4) is 0 Å². The third-order valence-corrected chi connectivity index (χ3v) is 6.10. The van der Waals surface area contributed by atoms with E-state index in [4.69, 9.17) is 4.98 Å². The average Bonchev–Trinajstić information content (AvgIpc) is 2.98. The molecule has 0 spiro atoms. The maximum atomic E-state index is 12.7. The van der Waals surface area contributed by atoms with Crippen molar-refractivity contribution < 1.29 is 0 Å². The van der Waals surface area contributed by atoms with Crippen molar-refractivity contribution in [2.45, 2.75) is 32.9 Å². The second-order valence-corrected chi connectivity index (χ2v) is 8.69. The van der Waals surface area contributed by atoms with Gasteiger partial charge in [-0.05, 0) is 37.1 Å². The van der Waals surface area contributed by atoms with Crippen molar-refractivity contribution in [3.05, 3.63) is 73.6 Å². The summed E-state index contributed by atoms with van der Waals surface area (Å²) in [6.07, 6.45) is 5.14. The van der Waals surface area contributed by atoms with Gasteiger partial charge in [0.25, 0.3) is 5.56 Å². The summed E-state index contributed by atoms with van der Waals surface area (Å²) in [5.74, 6) is 0.620. The molecule has 28 heavy (non-hydrogen) atoms. The molecule has 1 aliphatic rings. The molecule has 1 aliphatic heterocycles. The van der Waals surface area contributed by atoms with Crippen molar-refractivity contribution in [1.29, 1.82) is 0 Å². The number of fused-ring (bicyclic) bond motifs is 1. The van der Waals surface area contributed by atoms with Crippen molar-refractivity contribution in [1.82, 2.24) is 19.9 Å². The molecule has 0 radical (unpaired) electrons. The van der Waals surface area contributed by atoms with E-state index in [0.717, 1.165) is 49.3 Å². The van der Waals surface area contributed by atoms with Crippen LogP contribution in [0.2, 0.25) is 0 Å². The summed E-state index contributed by atoms with van der Waals surface area (Å²) in [7, 11) is 1.94. The molecular weight excluding hydrogens is 370 g/mol. The van der Waals surface area contributed by atoms with E-state index in [9.17, 15) is 4.79 Å². The molecule has 7 heteroatoms. The Labute approximate surface area is 168 Å². The van der Waals surface area contributed by atoms with Crippen LogP contribution in [-0.4, -0.2) is 40.0 Å². The van der Waals surface area contributed by atoms with Crippen LogP contribution < -0.4 is 10.5 Å². The Kier molecular flexibility index (Phi) is 5.54. The lowest BCUT2D eigenvalue weighted by atomic mass is 10.1. The van der Waals surface area contributed by atoms with Gasteiger partial charge in [-0.25, -0.2) is 4.98 Å². The standard InChI is InChI=1S/C21H25N5OS/c1-15-5-6-17(28-15)14-26-10-7-18-19(8-11-26)23-21(24-20(18)27)25(2)13-16-4-3-9-22-12-16/h3-6,9,12H,7-8,10-11,13-14H2,1-2H3,(H,23,24,27). The number of aryl methyl sites for hydroxylation is 1. The Bertz CT molecular complexity index is 998. The number of pyridine rings is 1. The molecule has 0 atom stereocenters. The zero-order chi connectivity index (χ0) is 19.5. The van der Waals surface area contributed by atoms with E-state index in [1.165, 1.54) is 9.75 Å². The largest absolute Gasteiger partial charge is 0.341 e. The minimum atomic E-state index is -0.00754.